The molecule has 1 unspecified atom stereocenters. The first kappa shape index (κ1) is 12.5. The lowest BCUT2D eigenvalue weighted by atomic mass is 9.93. The highest BCUT2D eigenvalue weighted by atomic mass is 79.9. The molecule has 0 aliphatic carbocycles. The molecular weight excluding hydrogens is 266 g/mol. The molecule has 0 spiro atoms. The Balaban J connectivity index is 2.76. The molecule has 0 amide bonds. The van der Waals surface area contributed by atoms with Crippen LogP contribution in [0.1, 0.15) is 27.2 Å². The van der Waals surface area contributed by atoms with Crippen molar-refractivity contribution in [3.05, 3.63) is 0 Å². The van der Waals surface area contributed by atoms with E-state index in [2.05, 4.69) is 29.8 Å². The highest BCUT2D eigenvalue weighted by molar-refractivity contribution is 9.09. The summed E-state index contributed by atoms with van der Waals surface area (Å²) < 4.78 is 25.1. The molecule has 1 heterocycles. The minimum atomic E-state index is -3.01. The largest absolute Gasteiger partial charge is 0.214 e. The van der Waals surface area contributed by atoms with E-state index in [1.54, 1.807) is 4.31 Å². The molecule has 0 radical (unpaired) electrons. The van der Waals surface area contributed by atoms with Crippen molar-refractivity contribution in [1.82, 2.24) is 4.31 Å². The second-order valence-electron chi connectivity index (χ2n) is 4.56. The molecule has 0 aromatic heterocycles. The molecule has 1 rings (SSSR count). The Bertz CT molecular complexity index is 300. The van der Waals surface area contributed by atoms with E-state index >= 15 is 0 Å². The lowest BCUT2D eigenvalue weighted by Crippen LogP contribution is -2.32. The van der Waals surface area contributed by atoms with E-state index in [0.29, 0.717) is 19.5 Å². The number of hydrogen-bond acceptors (Lipinski definition) is 2. The van der Waals surface area contributed by atoms with Gasteiger partial charge in [-0.15, -0.1) is 0 Å². The summed E-state index contributed by atoms with van der Waals surface area (Å²) in [7, 11) is -3.01. The number of rotatable bonds is 3. The normalized spacial score (nSPS) is 28.1. The highest BCUT2D eigenvalue weighted by Crippen LogP contribution is 2.36. The Morgan fingerprint density at radius 1 is 1.50 bits per heavy atom. The van der Waals surface area contributed by atoms with Gasteiger partial charge >= 0.3 is 0 Å². The van der Waals surface area contributed by atoms with E-state index in [1.807, 2.05) is 6.92 Å². The predicted molar refractivity (Wildman–Crippen MR) is 62.1 cm³/mol. The van der Waals surface area contributed by atoms with Crippen LogP contribution in [0, 0.1) is 5.41 Å². The van der Waals surface area contributed by atoms with Crippen molar-refractivity contribution in [2.45, 2.75) is 32.0 Å². The van der Waals surface area contributed by atoms with Crippen LogP contribution in [-0.2, 0) is 10.0 Å². The van der Waals surface area contributed by atoms with Gasteiger partial charge in [-0.2, -0.15) is 0 Å². The van der Waals surface area contributed by atoms with Gasteiger partial charge < -0.3 is 0 Å². The van der Waals surface area contributed by atoms with Gasteiger partial charge in [-0.05, 0) is 11.8 Å². The fraction of sp³-hybridized carbons (Fsp3) is 1.00. The Hall–Kier alpha value is 0.390. The average molecular weight is 284 g/mol. The smallest absolute Gasteiger partial charge is 0.212 e. The van der Waals surface area contributed by atoms with Gasteiger partial charge in [0.15, 0.2) is 0 Å². The number of alkyl halides is 1. The minimum Gasteiger partial charge on any atom is -0.212 e. The Kier molecular flexibility index (Phi) is 3.65. The van der Waals surface area contributed by atoms with E-state index in [4.69, 9.17) is 0 Å². The fourth-order valence-corrected chi connectivity index (χ4v) is 4.01. The molecule has 1 aliphatic rings. The summed E-state index contributed by atoms with van der Waals surface area (Å²) in [6, 6.07) is 0. The molecule has 0 aromatic rings. The van der Waals surface area contributed by atoms with Crippen LogP contribution in [0.15, 0.2) is 0 Å². The van der Waals surface area contributed by atoms with Crippen LogP contribution >= 0.6 is 15.9 Å². The molecule has 0 aromatic carbocycles. The van der Waals surface area contributed by atoms with Crippen molar-refractivity contribution in [3.63, 3.8) is 0 Å². The van der Waals surface area contributed by atoms with Crippen LogP contribution in [0.25, 0.3) is 0 Å². The lowest BCUT2D eigenvalue weighted by Gasteiger charge is -2.20. The molecule has 1 aliphatic heterocycles. The zero-order valence-electron chi connectivity index (χ0n) is 8.96. The Labute approximate surface area is 95.0 Å². The number of sulfonamides is 1. The molecule has 84 valence electrons. The average Bonchev–Trinajstić information content (AvgIpc) is 2.27. The second kappa shape index (κ2) is 4.10. The monoisotopic (exact) mass is 283 g/mol. The van der Waals surface area contributed by atoms with E-state index < -0.39 is 10.0 Å². The first-order valence-corrected chi connectivity index (χ1v) is 7.44. The standard InChI is InChI=1S/C9H18BrNO2S/c1-4-5-14(12,13)11-6-8(10)9(2,3)7-11/h8H,4-7H2,1-3H3. The molecule has 14 heavy (non-hydrogen) atoms. The van der Waals surface area contributed by atoms with Crippen molar-refractivity contribution < 1.29 is 8.42 Å². The van der Waals surface area contributed by atoms with Crippen LogP contribution in [0.2, 0.25) is 0 Å². The van der Waals surface area contributed by atoms with E-state index in [9.17, 15) is 8.42 Å². The van der Waals surface area contributed by atoms with Gasteiger partial charge in [0.25, 0.3) is 0 Å². The second-order valence-corrected chi connectivity index (χ2v) is 7.76. The maximum atomic E-state index is 11.8. The molecular formula is C9H18BrNO2S. The summed E-state index contributed by atoms with van der Waals surface area (Å²) in [5.74, 6) is 0.267. The highest BCUT2D eigenvalue weighted by Gasteiger charge is 2.42. The summed E-state index contributed by atoms with van der Waals surface area (Å²) >= 11 is 3.54. The minimum absolute atomic E-state index is 0.0425. The predicted octanol–water partition coefficient (Wildman–Crippen LogP) is 1.83. The van der Waals surface area contributed by atoms with Crippen LogP contribution < -0.4 is 0 Å². The number of hydrogen-bond donors (Lipinski definition) is 0. The number of halogens is 1. The summed E-state index contributed by atoms with van der Waals surface area (Å²) in [5.41, 5.74) is 0.0425. The first-order chi connectivity index (χ1) is 6.29. The maximum absolute atomic E-state index is 11.8. The maximum Gasteiger partial charge on any atom is 0.214 e. The molecule has 3 nitrogen and oxygen atoms in total. The molecule has 0 saturated carbocycles. The van der Waals surface area contributed by atoms with Crippen LogP contribution in [-0.4, -0.2) is 36.4 Å². The SMILES string of the molecule is CCCS(=O)(=O)N1CC(Br)C(C)(C)C1. The third-order valence-electron chi connectivity index (χ3n) is 2.65. The Morgan fingerprint density at radius 2 is 2.07 bits per heavy atom. The quantitative estimate of drug-likeness (QED) is 0.741. The third kappa shape index (κ3) is 2.49. The van der Waals surface area contributed by atoms with Gasteiger partial charge in [0.05, 0.1) is 5.75 Å². The van der Waals surface area contributed by atoms with Gasteiger partial charge in [0.2, 0.25) is 10.0 Å². The van der Waals surface area contributed by atoms with E-state index in [-0.39, 0.29) is 16.0 Å². The topological polar surface area (TPSA) is 37.4 Å². The molecule has 5 heteroatoms. The van der Waals surface area contributed by atoms with Gasteiger partial charge in [-0.3, -0.25) is 0 Å². The summed E-state index contributed by atoms with van der Waals surface area (Å²) in [6.45, 7) is 7.31. The van der Waals surface area contributed by atoms with Crippen molar-refractivity contribution in [3.8, 4) is 0 Å². The Morgan fingerprint density at radius 3 is 2.43 bits per heavy atom. The zero-order valence-corrected chi connectivity index (χ0v) is 11.4. The molecule has 1 fully saturated rings. The molecule has 1 atom stereocenters. The van der Waals surface area contributed by atoms with E-state index in [1.165, 1.54) is 0 Å². The van der Waals surface area contributed by atoms with Crippen molar-refractivity contribution in [2.75, 3.05) is 18.8 Å². The fourth-order valence-electron chi connectivity index (χ4n) is 1.64. The molecule has 0 bridgehead atoms. The summed E-state index contributed by atoms with van der Waals surface area (Å²) in [4.78, 5) is 0.265. The van der Waals surface area contributed by atoms with Gasteiger partial charge in [-0.1, -0.05) is 36.7 Å². The third-order valence-corrected chi connectivity index (χ3v) is 6.17. The van der Waals surface area contributed by atoms with Crippen molar-refractivity contribution in [2.24, 2.45) is 5.41 Å². The van der Waals surface area contributed by atoms with Crippen molar-refractivity contribution in [1.29, 1.82) is 0 Å². The van der Waals surface area contributed by atoms with Crippen LogP contribution in [0.5, 0.6) is 0 Å². The van der Waals surface area contributed by atoms with Gasteiger partial charge in [-0.25, -0.2) is 12.7 Å². The van der Waals surface area contributed by atoms with Crippen LogP contribution in [0.4, 0.5) is 0 Å². The van der Waals surface area contributed by atoms with Gasteiger partial charge in [0.1, 0.15) is 0 Å². The van der Waals surface area contributed by atoms with Crippen LogP contribution in [0.3, 0.4) is 0 Å². The lowest BCUT2D eigenvalue weighted by molar-refractivity contribution is 0.382. The number of nitrogens with zero attached hydrogens (tertiary/aromatic N) is 1. The molecule has 0 N–H and O–H groups in total. The van der Waals surface area contributed by atoms with Gasteiger partial charge in [0, 0.05) is 17.9 Å². The summed E-state index contributed by atoms with van der Waals surface area (Å²) in [5, 5.41) is 0. The zero-order chi connectivity index (χ0) is 11.0. The van der Waals surface area contributed by atoms with Crippen molar-refractivity contribution >= 4 is 26.0 Å². The molecule has 1 saturated heterocycles. The van der Waals surface area contributed by atoms with E-state index in [0.717, 1.165) is 0 Å². The first-order valence-electron chi connectivity index (χ1n) is 4.91. The summed E-state index contributed by atoms with van der Waals surface area (Å²) in [6.07, 6.45) is 0.687.